The molecule has 0 aromatic carbocycles. The van der Waals surface area contributed by atoms with Gasteiger partial charge in [-0.1, -0.05) is 19.8 Å². The van der Waals surface area contributed by atoms with E-state index >= 15 is 0 Å². The van der Waals surface area contributed by atoms with Crippen LogP contribution >= 0.6 is 0 Å². The van der Waals surface area contributed by atoms with Gasteiger partial charge in [0.05, 0.1) is 6.10 Å². The molecule has 2 rings (SSSR count). The summed E-state index contributed by atoms with van der Waals surface area (Å²) in [6.07, 6.45) is 8.14. The molecule has 0 spiro atoms. The van der Waals surface area contributed by atoms with Crippen molar-refractivity contribution in [2.75, 3.05) is 26.7 Å². The van der Waals surface area contributed by atoms with Gasteiger partial charge in [-0.3, -0.25) is 4.90 Å². The van der Waals surface area contributed by atoms with Crippen LogP contribution in [-0.2, 0) is 4.74 Å². The first kappa shape index (κ1) is 13.3. The first-order valence-corrected chi connectivity index (χ1v) is 7.24. The van der Waals surface area contributed by atoms with Gasteiger partial charge >= 0.3 is 0 Å². The molecule has 2 atom stereocenters. The molecule has 0 aromatic heterocycles. The zero-order valence-corrected chi connectivity index (χ0v) is 11.5. The highest BCUT2D eigenvalue weighted by atomic mass is 16.5. The van der Waals surface area contributed by atoms with Crippen molar-refractivity contribution >= 4 is 0 Å². The zero-order chi connectivity index (χ0) is 12.3. The fraction of sp³-hybridized carbons (Fsp3) is 1.00. The second-order valence-electron chi connectivity index (χ2n) is 5.73. The average Bonchev–Trinajstić information content (AvgIpc) is 2.83. The van der Waals surface area contributed by atoms with E-state index in [9.17, 15) is 0 Å². The number of methoxy groups -OCH3 is 1. The molecular formula is C14H28N2O. The molecule has 1 saturated carbocycles. The molecular weight excluding hydrogens is 212 g/mol. The molecule has 0 bridgehead atoms. The Morgan fingerprint density at radius 2 is 2.00 bits per heavy atom. The van der Waals surface area contributed by atoms with Gasteiger partial charge in [-0.15, -0.1) is 0 Å². The number of rotatable bonds is 4. The summed E-state index contributed by atoms with van der Waals surface area (Å²) in [5, 5.41) is 0. The molecule has 2 unspecified atom stereocenters. The first-order valence-electron chi connectivity index (χ1n) is 7.24. The van der Waals surface area contributed by atoms with Crippen molar-refractivity contribution < 1.29 is 4.74 Å². The van der Waals surface area contributed by atoms with Crippen LogP contribution in [0.4, 0.5) is 0 Å². The molecule has 1 saturated heterocycles. The molecule has 1 heterocycles. The molecule has 0 amide bonds. The average molecular weight is 240 g/mol. The number of ether oxygens (including phenoxy) is 1. The second-order valence-corrected chi connectivity index (χ2v) is 5.73. The number of likely N-dealkylation sites (tertiary alicyclic amines) is 1. The van der Waals surface area contributed by atoms with E-state index in [-0.39, 0.29) is 0 Å². The van der Waals surface area contributed by atoms with Gasteiger partial charge < -0.3 is 10.5 Å². The second kappa shape index (κ2) is 5.68. The smallest absolute Gasteiger partial charge is 0.0595 e. The van der Waals surface area contributed by atoms with E-state index in [0.717, 1.165) is 12.5 Å². The summed E-state index contributed by atoms with van der Waals surface area (Å²) in [5.74, 6) is 0.812. The SMILES string of the molecule is CCC1CCCC1(CN)N1CCC(OC)CC1. The Morgan fingerprint density at radius 1 is 1.29 bits per heavy atom. The largest absolute Gasteiger partial charge is 0.381 e. The van der Waals surface area contributed by atoms with Crippen LogP contribution in [-0.4, -0.2) is 43.3 Å². The van der Waals surface area contributed by atoms with Crippen LogP contribution in [0.15, 0.2) is 0 Å². The van der Waals surface area contributed by atoms with Crippen molar-refractivity contribution in [3.63, 3.8) is 0 Å². The molecule has 0 radical (unpaired) electrons. The maximum absolute atomic E-state index is 6.16. The van der Waals surface area contributed by atoms with Crippen LogP contribution in [0.1, 0.15) is 45.4 Å². The van der Waals surface area contributed by atoms with Crippen molar-refractivity contribution in [2.45, 2.75) is 57.1 Å². The Balaban J connectivity index is 2.03. The molecule has 1 aliphatic heterocycles. The van der Waals surface area contributed by atoms with Crippen molar-refractivity contribution in [2.24, 2.45) is 11.7 Å². The monoisotopic (exact) mass is 240 g/mol. The van der Waals surface area contributed by atoms with Gasteiger partial charge in [-0.2, -0.15) is 0 Å². The Hall–Kier alpha value is -0.120. The Morgan fingerprint density at radius 3 is 2.53 bits per heavy atom. The van der Waals surface area contributed by atoms with E-state index in [4.69, 9.17) is 10.5 Å². The topological polar surface area (TPSA) is 38.5 Å². The number of piperidine rings is 1. The Labute approximate surface area is 106 Å². The van der Waals surface area contributed by atoms with Crippen molar-refractivity contribution in [1.29, 1.82) is 0 Å². The van der Waals surface area contributed by atoms with Crippen LogP contribution in [0, 0.1) is 5.92 Å². The normalized spacial score (nSPS) is 36.5. The predicted molar refractivity (Wildman–Crippen MR) is 71.0 cm³/mol. The van der Waals surface area contributed by atoms with E-state index in [0.29, 0.717) is 11.6 Å². The summed E-state index contributed by atoms with van der Waals surface area (Å²) < 4.78 is 5.46. The van der Waals surface area contributed by atoms with Gasteiger partial charge in [0.25, 0.3) is 0 Å². The van der Waals surface area contributed by atoms with Gasteiger partial charge in [0.15, 0.2) is 0 Å². The van der Waals surface area contributed by atoms with Crippen molar-refractivity contribution in [3.05, 3.63) is 0 Å². The van der Waals surface area contributed by atoms with Gasteiger partial charge in [0, 0.05) is 32.3 Å². The zero-order valence-electron chi connectivity index (χ0n) is 11.5. The van der Waals surface area contributed by atoms with E-state index in [2.05, 4.69) is 11.8 Å². The lowest BCUT2D eigenvalue weighted by Crippen LogP contribution is -2.58. The molecule has 3 nitrogen and oxygen atoms in total. The molecule has 2 fully saturated rings. The third-order valence-corrected chi connectivity index (χ3v) is 5.17. The molecule has 2 aliphatic rings. The summed E-state index contributed by atoms with van der Waals surface area (Å²) >= 11 is 0. The molecule has 1 aliphatic carbocycles. The molecule has 0 aromatic rings. The quantitative estimate of drug-likeness (QED) is 0.817. The number of hydrogen-bond acceptors (Lipinski definition) is 3. The first-order chi connectivity index (χ1) is 8.26. The highest BCUT2D eigenvalue weighted by Gasteiger charge is 2.45. The highest BCUT2D eigenvalue weighted by Crippen LogP contribution is 2.42. The summed E-state index contributed by atoms with van der Waals surface area (Å²) in [6, 6.07) is 0. The number of nitrogens with zero attached hydrogens (tertiary/aromatic N) is 1. The predicted octanol–water partition coefficient (Wildman–Crippen LogP) is 2.00. The Bertz CT molecular complexity index is 238. The van der Waals surface area contributed by atoms with Crippen molar-refractivity contribution in [1.82, 2.24) is 4.90 Å². The Kier molecular flexibility index (Phi) is 4.45. The van der Waals surface area contributed by atoms with Crippen LogP contribution < -0.4 is 5.73 Å². The van der Waals surface area contributed by atoms with Gasteiger partial charge in [0.2, 0.25) is 0 Å². The van der Waals surface area contributed by atoms with Gasteiger partial charge in [-0.25, -0.2) is 0 Å². The molecule has 2 N–H and O–H groups in total. The maximum atomic E-state index is 6.16. The summed E-state index contributed by atoms with van der Waals surface area (Å²) in [7, 11) is 1.84. The standard InChI is InChI=1S/C14H28N2O/c1-3-12-5-4-8-14(12,11-15)16-9-6-13(17-2)7-10-16/h12-13H,3-11,15H2,1-2H3. The molecule has 100 valence electrons. The van der Waals surface area contributed by atoms with Crippen LogP contribution in [0.25, 0.3) is 0 Å². The van der Waals surface area contributed by atoms with Crippen molar-refractivity contribution in [3.8, 4) is 0 Å². The number of hydrogen-bond donors (Lipinski definition) is 1. The van der Waals surface area contributed by atoms with Crippen LogP contribution in [0.2, 0.25) is 0 Å². The maximum Gasteiger partial charge on any atom is 0.0595 e. The minimum Gasteiger partial charge on any atom is -0.381 e. The molecule has 3 heteroatoms. The third-order valence-electron chi connectivity index (χ3n) is 5.17. The van der Waals surface area contributed by atoms with E-state index < -0.39 is 0 Å². The summed E-state index contributed by atoms with van der Waals surface area (Å²) in [5.41, 5.74) is 6.47. The van der Waals surface area contributed by atoms with E-state index in [1.165, 1.54) is 51.6 Å². The van der Waals surface area contributed by atoms with Gasteiger partial charge in [0.1, 0.15) is 0 Å². The highest BCUT2D eigenvalue weighted by molar-refractivity contribution is 5.02. The fourth-order valence-electron chi connectivity index (χ4n) is 4.06. The van der Waals surface area contributed by atoms with Gasteiger partial charge in [-0.05, 0) is 31.6 Å². The number of nitrogens with two attached hydrogens (primary N) is 1. The fourth-order valence-corrected chi connectivity index (χ4v) is 4.06. The third kappa shape index (κ3) is 2.38. The summed E-state index contributed by atoms with van der Waals surface area (Å²) in [4.78, 5) is 2.68. The van der Waals surface area contributed by atoms with E-state index in [1.54, 1.807) is 0 Å². The van der Waals surface area contributed by atoms with Crippen LogP contribution in [0.5, 0.6) is 0 Å². The molecule has 17 heavy (non-hydrogen) atoms. The minimum atomic E-state index is 0.313. The lowest BCUT2D eigenvalue weighted by atomic mass is 9.82. The van der Waals surface area contributed by atoms with E-state index in [1.807, 2.05) is 7.11 Å². The lowest BCUT2D eigenvalue weighted by Gasteiger charge is -2.47. The summed E-state index contributed by atoms with van der Waals surface area (Å²) in [6.45, 7) is 5.50. The lowest BCUT2D eigenvalue weighted by molar-refractivity contribution is -0.0171. The minimum absolute atomic E-state index is 0.313. The van der Waals surface area contributed by atoms with Crippen LogP contribution in [0.3, 0.4) is 0 Å².